The van der Waals surface area contributed by atoms with E-state index < -0.39 is 0 Å². The summed E-state index contributed by atoms with van der Waals surface area (Å²) in [7, 11) is 3.44. The summed E-state index contributed by atoms with van der Waals surface area (Å²) < 4.78 is -0.185. The number of allylic oxidation sites excluding steroid dienone is 10. The van der Waals surface area contributed by atoms with Crippen LogP contribution in [0.1, 0.15) is 106 Å². The SMILES string of the molecule is CC(C)=CCC/C(C)=C\CC/C(C)=C/CC/C=C(\C)CC/C=C(\C)CCC[N+](C)(C)[O-]. The van der Waals surface area contributed by atoms with E-state index in [-0.39, 0.29) is 4.65 Å². The largest absolute Gasteiger partial charge is 0.633 e. The maximum atomic E-state index is 11.6. The molecule has 31 heavy (non-hydrogen) atoms. The molecule has 0 amide bonds. The Balaban J connectivity index is 4.04. The third-order valence-corrected chi connectivity index (χ3v) is 5.57. The lowest BCUT2D eigenvalue weighted by Gasteiger charge is -2.33. The Labute approximate surface area is 194 Å². The van der Waals surface area contributed by atoms with Crippen molar-refractivity contribution in [3.05, 3.63) is 63.5 Å². The first kappa shape index (κ1) is 29.6. The Kier molecular flexibility index (Phi) is 16.4. The van der Waals surface area contributed by atoms with Crippen molar-refractivity contribution < 1.29 is 4.65 Å². The van der Waals surface area contributed by atoms with Gasteiger partial charge in [-0.15, -0.1) is 0 Å². The highest BCUT2D eigenvalue weighted by atomic mass is 16.5. The summed E-state index contributed by atoms with van der Waals surface area (Å²) in [6.45, 7) is 14.0. The molecule has 0 spiro atoms. The summed E-state index contributed by atoms with van der Waals surface area (Å²) in [5, 5.41) is 11.6. The van der Waals surface area contributed by atoms with E-state index in [2.05, 4.69) is 71.9 Å². The Morgan fingerprint density at radius 2 is 0.903 bits per heavy atom. The number of rotatable bonds is 16. The quantitative estimate of drug-likeness (QED) is 0.104. The van der Waals surface area contributed by atoms with Gasteiger partial charge in [0, 0.05) is 6.42 Å². The Morgan fingerprint density at radius 3 is 1.29 bits per heavy atom. The minimum atomic E-state index is -0.185. The van der Waals surface area contributed by atoms with Crippen LogP contribution in [0.15, 0.2) is 58.2 Å². The van der Waals surface area contributed by atoms with E-state index in [1.54, 1.807) is 14.1 Å². The van der Waals surface area contributed by atoms with Crippen LogP contribution >= 0.6 is 0 Å². The van der Waals surface area contributed by atoms with Crippen molar-refractivity contribution in [3.63, 3.8) is 0 Å². The molecule has 0 aromatic heterocycles. The molecule has 0 aromatic rings. The van der Waals surface area contributed by atoms with Gasteiger partial charge in [0.25, 0.3) is 0 Å². The van der Waals surface area contributed by atoms with Gasteiger partial charge in [-0.05, 0) is 99.3 Å². The zero-order chi connectivity index (χ0) is 23.7. The van der Waals surface area contributed by atoms with Gasteiger partial charge in [0.2, 0.25) is 0 Å². The van der Waals surface area contributed by atoms with Crippen LogP contribution in [-0.4, -0.2) is 25.3 Å². The van der Waals surface area contributed by atoms with Gasteiger partial charge in [-0.25, -0.2) is 0 Å². The third kappa shape index (κ3) is 21.6. The van der Waals surface area contributed by atoms with E-state index in [4.69, 9.17) is 0 Å². The topological polar surface area (TPSA) is 23.1 Å². The smallest absolute Gasteiger partial charge is 0.0782 e. The summed E-state index contributed by atoms with van der Waals surface area (Å²) in [4.78, 5) is 0. The molecule has 2 nitrogen and oxygen atoms in total. The predicted molar refractivity (Wildman–Crippen MR) is 141 cm³/mol. The molecule has 0 atom stereocenters. The molecule has 0 unspecified atom stereocenters. The van der Waals surface area contributed by atoms with Gasteiger partial charge < -0.3 is 9.85 Å². The number of hydrogen-bond donors (Lipinski definition) is 0. The fraction of sp³-hybridized carbons (Fsp3) is 0.655. The van der Waals surface area contributed by atoms with E-state index in [0.29, 0.717) is 6.54 Å². The first-order valence-electron chi connectivity index (χ1n) is 12.3. The molecule has 0 heterocycles. The van der Waals surface area contributed by atoms with Crippen LogP contribution in [0.5, 0.6) is 0 Å². The first-order valence-corrected chi connectivity index (χ1v) is 12.3. The Morgan fingerprint density at radius 1 is 0.548 bits per heavy atom. The summed E-state index contributed by atoms with van der Waals surface area (Å²) in [6, 6.07) is 0. The molecule has 0 fully saturated rings. The molecular weight excluding hydrogens is 378 g/mol. The van der Waals surface area contributed by atoms with Crippen molar-refractivity contribution >= 4 is 0 Å². The van der Waals surface area contributed by atoms with Crippen LogP contribution in [0, 0.1) is 5.21 Å². The molecule has 0 N–H and O–H groups in total. The van der Waals surface area contributed by atoms with Crippen LogP contribution in [-0.2, 0) is 0 Å². The zero-order valence-electron chi connectivity index (χ0n) is 22.0. The average Bonchev–Trinajstić information content (AvgIpc) is 2.64. The van der Waals surface area contributed by atoms with E-state index >= 15 is 0 Å². The first-order chi connectivity index (χ1) is 14.5. The minimum absolute atomic E-state index is 0.185. The molecule has 0 aliphatic carbocycles. The average molecular weight is 430 g/mol. The molecule has 0 aromatic carbocycles. The second kappa shape index (κ2) is 17.2. The van der Waals surface area contributed by atoms with Gasteiger partial charge in [0.05, 0.1) is 20.6 Å². The van der Waals surface area contributed by atoms with Crippen molar-refractivity contribution in [1.82, 2.24) is 0 Å². The van der Waals surface area contributed by atoms with Crippen molar-refractivity contribution in [2.24, 2.45) is 0 Å². The number of unbranched alkanes of at least 4 members (excludes halogenated alkanes) is 1. The molecular formula is C29H51NO. The molecule has 0 aliphatic rings. The predicted octanol–water partition coefficient (Wildman–Crippen LogP) is 9.21. The number of quaternary nitrogens is 1. The van der Waals surface area contributed by atoms with Crippen LogP contribution in [0.3, 0.4) is 0 Å². The molecule has 0 rings (SSSR count). The monoisotopic (exact) mass is 429 g/mol. The van der Waals surface area contributed by atoms with E-state index in [1.807, 2.05) is 0 Å². The fourth-order valence-corrected chi connectivity index (χ4v) is 3.49. The summed E-state index contributed by atoms with van der Waals surface area (Å²) in [5.74, 6) is 0. The lowest BCUT2D eigenvalue weighted by Crippen LogP contribution is -2.33. The van der Waals surface area contributed by atoms with Gasteiger partial charge in [-0.1, -0.05) is 58.2 Å². The van der Waals surface area contributed by atoms with Gasteiger partial charge in [-0.3, -0.25) is 0 Å². The van der Waals surface area contributed by atoms with Crippen LogP contribution in [0.25, 0.3) is 0 Å². The number of hydrogen-bond acceptors (Lipinski definition) is 1. The summed E-state index contributed by atoms with van der Waals surface area (Å²) >= 11 is 0. The second-order valence-electron chi connectivity index (χ2n) is 10.1. The van der Waals surface area contributed by atoms with Gasteiger partial charge in [0.1, 0.15) is 0 Å². The maximum absolute atomic E-state index is 11.6. The van der Waals surface area contributed by atoms with E-state index in [0.717, 1.165) is 44.9 Å². The van der Waals surface area contributed by atoms with Crippen molar-refractivity contribution in [1.29, 1.82) is 0 Å². The van der Waals surface area contributed by atoms with E-state index in [1.165, 1.54) is 47.1 Å². The molecule has 0 bridgehead atoms. The molecule has 0 saturated carbocycles. The van der Waals surface area contributed by atoms with Crippen molar-refractivity contribution in [2.75, 3.05) is 20.6 Å². The lowest BCUT2D eigenvalue weighted by molar-refractivity contribution is -0.840. The molecule has 2 heteroatoms. The maximum Gasteiger partial charge on any atom is 0.0782 e. The highest BCUT2D eigenvalue weighted by Gasteiger charge is 2.01. The molecule has 0 saturated heterocycles. The van der Waals surface area contributed by atoms with Crippen LogP contribution < -0.4 is 0 Å². The fourth-order valence-electron chi connectivity index (χ4n) is 3.49. The minimum Gasteiger partial charge on any atom is -0.633 e. The molecule has 0 aliphatic heterocycles. The van der Waals surface area contributed by atoms with Gasteiger partial charge in [0.15, 0.2) is 0 Å². The van der Waals surface area contributed by atoms with Gasteiger partial charge >= 0.3 is 0 Å². The van der Waals surface area contributed by atoms with Gasteiger partial charge in [-0.2, -0.15) is 0 Å². The van der Waals surface area contributed by atoms with Crippen LogP contribution in [0.2, 0.25) is 0 Å². The standard InChI is InChI=1S/C29H51NO/c1-25(2)15-11-18-28(5)21-12-19-26(3)16-9-10-17-27(4)20-13-22-29(6)23-14-24-30(7,8)31/h15-17,21-22H,9-14,18-20,23-24H2,1-8H3/b26-16+,27-17+,28-21-,29-22+. The summed E-state index contributed by atoms with van der Waals surface area (Å²) in [6.07, 6.45) is 23.1. The summed E-state index contributed by atoms with van der Waals surface area (Å²) in [5.41, 5.74) is 7.35. The molecule has 178 valence electrons. The number of nitrogens with zero attached hydrogens (tertiary/aromatic N) is 1. The number of hydroxylamine groups is 3. The highest BCUT2D eigenvalue weighted by Crippen LogP contribution is 2.14. The molecule has 0 radical (unpaired) electrons. The lowest BCUT2D eigenvalue weighted by atomic mass is 10.0. The highest BCUT2D eigenvalue weighted by molar-refractivity contribution is 5.07. The van der Waals surface area contributed by atoms with Crippen LogP contribution in [0.4, 0.5) is 0 Å². The zero-order valence-corrected chi connectivity index (χ0v) is 22.0. The second-order valence-corrected chi connectivity index (χ2v) is 10.1. The normalized spacial score (nSPS) is 14.2. The van der Waals surface area contributed by atoms with E-state index in [9.17, 15) is 5.21 Å². The van der Waals surface area contributed by atoms with Crippen molar-refractivity contribution in [3.8, 4) is 0 Å². The third-order valence-electron chi connectivity index (χ3n) is 5.57. The Hall–Kier alpha value is -1.38. The van der Waals surface area contributed by atoms with Crippen molar-refractivity contribution in [2.45, 2.75) is 106 Å². The Bertz CT molecular complexity index is 634.